The van der Waals surface area contributed by atoms with E-state index in [9.17, 15) is 9.90 Å². The van der Waals surface area contributed by atoms with Gasteiger partial charge in [0, 0.05) is 31.4 Å². The van der Waals surface area contributed by atoms with Crippen molar-refractivity contribution in [3.63, 3.8) is 0 Å². The number of aliphatic imine (C=N–C) groups is 1. The van der Waals surface area contributed by atoms with Crippen LogP contribution < -0.4 is 4.90 Å². The van der Waals surface area contributed by atoms with Crippen molar-refractivity contribution >= 4 is 23.5 Å². The maximum atomic E-state index is 11.2. The quantitative estimate of drug-likeness (QED) is 0.869. The van der Waals surface area contributed by atoms with Crippen LogP contribution in [0.1, 0.15) is 12.5 Å². The number of rotatable bonds is 3. The zero-order valence-corrected chi connectivity index (χ0v) is 11.4. The molecule has 0 aromatic heterocycles. The van der Waals surface area contributed by atoms with Gasteiger partial charge in [-0.1, -0.05) is 12.1 Å². The number of anilines is 1. The number of amides is 1. The highest BCUT2D eigenvalue weighted by atomic mass is 16.3. The number of para-hydroxylation sites is 1. The summed E-state index contributed by atoms with van der Waals surface area (Å²) in [5, 5.41) is 9.63. The maximum absolute atomic E-state index is 11.2. The highest BCUT2D eigenvalue weighted by Crippen LogP contribution is 2.20. The van der Waals surface area contributed by atoms with Crippen molar-refractivity contribution in [2.45, 2.75) is 6.92 Å². The first-order valence-electron chi connectivity index (χ1n) is 6.24. The van der Waals surface area contributed by atoms with E-state index in [2.05, 4.69) is 4.99 Å². The van der Waals surface area contributed by atoms with Crippen molar-refractivity contribution in [1.82, 2.24) is 0 Å². The van der Waals surface area contributed by atoms with Crippen LogP contribution in [-0.2, 0) is 4.79 Å². The zero-order valence-electron chi connectivity index (χ0n) is 11.4. The van der Waals surface area contributed by atoms with Gasteiger partial charge in [0.1, 0.15) is 5.75 Å². The lowest BCUT2D eigenvalue weighted by Gasteiger charge is -2.14. The molecule has 0 bridgehead atoms. The Labute approximate surface area is 118 Å². The molecule has 4 heteroatoms. The van der Waals surface area contributed by atoms with Crippen LogP contribution in [0.25, 0.3) is 0 Å². The fourth-order valence-electron chi connectivity index (χ4n) is 1.68. The van der Waals surface area contributed by atoms with Crippen molar-refractivity contribution in [2.75, 3.05) is 11.9 Å². The second kappa shape index (κ2) is 6.02. The minimum atomic E-state index is -0.0181. The Bertz CT molecular complexity index is 633. The van der Waals surface area contributed by atoms with Gasteiger partial charge >= 0.3 is 0 Å². The van der Waals surface area contributed by atoms with E-state index in [1.165, 1.54) is 6.92 Å². The first-order valence-corrected chi connectivity index (χ1v) is 6.24. The van der Waals surface area contributed by atoms with Gasteiger partial charge < -0.3 is 10.0 Å². The molecule has 0 aliphatic heterocycles. The molecule has 0 heterocycles. The van der Waals surface area contributed by atoms with Gasteiger partial charge in [-0.2, -0.15) is 0 Å². The van der Waals surface area contributed by atoms with Gasteiger partial charge in [-0.3, -0.25) is 9.79 Å². The average molecular weight is 268 g/mol. The van der Waals surface area contributed by atoms with Gasteiger partial charge in [0.2, 0.25) is 5.91 Å². The summed E-state index contributed by atoms with van der Waals surface area (Å²) in [6, 6.07) is 14.3. The van der Waals surface area contributed by atoms with Crippen molar-refractivity contribution in [3.05, 3.63) is 54.1 Å². The fourth-order valence-corrected chi connectivity index (χ4v) is 1.68. The summed E-state index contributed by atoms with van der Waals surface area (Å²) < 4.78 is 0. The van der Waals surface area contributed by atoms with Crippen LogP contribution in [0.5, 0.6) is 5.75 Å². The number of carbonyl (C=O) groups excluding carboxylic acids is 1. The van der Waals surface area contributed by atoms with E-state index in [1.807, 2.05) is 30.3 Å². The van der Waals surface area contributed by atoms with Crippen LogP contribution in [0.2, 0.25) is 0 Å². The number of phenols is 1. The van der Waals surface area contributed by atoms with E-state index in [-0.39, 0.29) is 11.7 Å². The number of phenolic OH excluding ortho intramolecular Hbond substituents is 1. The minimum absolute atomic E-state index is 0.0181. The number of hydrogen-bond donors (Lipinski definition) is 1. The van der Waals surface area contributed by atoms with Crippen molar-refractivity contribution < 1.29 is 9.90 Å². The number of hydrogen-bond acceptors (Lipinski definition) is 3. The molecule has 0 atom stereocenters. The SMILES string of the molecule is CC(=O)N(C)c1ccc(/N=C/c2ccccc2O)cc1. The average Bonchev–Trinajstić information content (AvgIpc) is 2.46. The molecule has 0 spiro atoms. The number of nitrogens with zero attached hydrogens (tertiary/aromatic N) is 2. The lowest BCUT2D eigenvalue weighted by molar-refractivity contribution is -0.116. The molecule has 1 amide bonds. The Hall–Kier alpha value is -2.62. The topological polar surface area (TPSA) is 52.9 Å². The van der Waals surface area contributed by atoms with Crippen LogP contribution in [0.4, 0.5) is 11.4 Å². The standard InChI is InChI=1S/C16H16N2O2/c1-12(19)18(2)15-9-7-14(8-10-15)17-11-13-5-3-4-6-16(13)20/h3-11,20H,1-2H3/b17-11+. The highest BCUT2D eigenvalue weighted by Gasteiger charge is 2.04. The molecule has 0 saturated heterocycles. The third-order valence-corrected chi connectivity index (χ3v) is 3.00. The molecule has 0 unspecified atom stereocenters. The normalized spacial score (nSPS) is 10.7. The number of carbonyl (C=O) groups is 1. The monoisotopic (exact) mass is 268 g/mol. The molecule has 0 fully saturated rings. The maximum Gasteiger partial charge on any atom is 0.223 e. The highest BCUT2D eigenvalue weighted by molar-refractivity contribution is 5.91. The summed E-state index contributed by atoms with van der Waals surface area (Å²) in [6.07, 6.45) is 1.61. The molecule has 0 aliphatic rings. The van der Waals surface area contributed by atoms with E-state index in [0.29, 0.717) is 5.56 Å². The molecule has 2 rings (SSSR count). The molecule has 0 aliphatic carbocycles. The number of aromatic hydroxyl groups is 1. The molecule has 102 valence electrons. The van der Waals surface area contributed by atoms with Crippen LogP contribution in [0.3, 0.4) is 0 Å². The Morgan fingerprint density at radius 1 is 1.15 bits per heavy atom. The Kier molecular flexibility index (Phi) is 4.15. The summed E-state index contributed by atoms with van der Waals surface area (Å²) in [5.41, 5.74) is 2.24. The van der Waals surface area contributed by atoms with E-state index >= 15 is 0 Å². The zero-order chi connectivity index (χ0) is 14.5. The summed E-state index contributed by atoms with van der Waals surface area (Å²) >= 11 is 0. The van der Waals surface area contributed by atoms with Crippen molar-refractivity contribution in [2.24, 2.45) is 4.99 Å². The molecule has 20 heavy (non-hydrogen) atoms. The molecule has 0 radical (unpaired) electrons. The van der Waals surface area contributed by atoms with Gasteiger partial charge in [0.05, 0.1) is 5.69 Å². The second-order valence-electron chi connectivity index (χ2n) is 4.41. The van der Waals surface area contributed by atoms with E-state index < -0.39 is 0 Å². The Morgan fingerprint density at radius 2 is 1.80 bits per heavy atom. The lowest BCUT2D eigenvalue weighted by Crippen LogP contribution is -2.22. The number of benzene rings is 2. The third-order valence-electron chi connectivity index (χ3n) is 3.00. The first-order chi connectivity index (χ1) is 9.58. The molecular formula is C16H16N2O2. The van der Waals surface area contributed by atoms with Crippen LogP contribution in [0.15, 0.2) is 53.5 Å². The summed E-state index contributed by atoms with van der Waals surface area (Å²) in [6.45, 7) is 1.52. The van der Waals surface area contributed by atoms with Gasteiger partial charge in [0.25, 0.3) is 0 Å². The molecule has 2 aromatic rings. The van der Waals surface area contributed by atoms with Crippen molar-refractivity contribution in [1.29, 1.82) is 0 Å². The summed E-state index contributed by atoms with van der Waals surface area (Å²) in [7, 11) is 1.72. The Balaban J connectivity index is 2.15. The Morgan fingerprint density at radius 3 is 2.40 bits per heavy atom. The minimum Gasteiger partial charge on any atom is -0.507 e. The van der Waals surface area contributed by atoms with Gasteiger partial charge in [-0.15, -0.1) is 0 Å². The predicted molar refractivity (Wildman–Crippen MR) is 80.9 cm³/mol. The largest absolute Gasteiger partial charge is 0.507 e. The van der Waals surface area contributed by atoms with Gasteiger partial charge in [0.15, 0.2) is 0 Å². The first kappa shape index (κ1) is 13.8. The van der Waals surface area contributed by atoms with E-state index in [1.54, 1.807) is 36.4 Å². The fraction of sp³-hybridized carbons (Fsp3) is 0.125. The summed E-state index contributed by atoms with van der Waals surface area (Å²) in [4.78, 5) is 17.1. The van der Waals surface area contributed by atoms with Crippen LogP contribution in [-0.4, -0.2) is 24.3 Å². The van der Waals surface area contributed by atoms with Crippen molar-refractivity contribution in [3.8, 4) is 5.75 Å². The van der Waals surface area contributed by atoms with E-state index in [0.717, 1.165) is 11.4 Å². The van der Waals surface area contributed by atoms with Crippen LogP contribution >= 0.6 is 0 Å². The molecule has 1 N–H and O–H groups in total. The lowest BCUT2D eigenvalue weighted by atomic mass is 10.2. The molecule has 2 aromatic carbocycles. The summed E-state index contributed by atoms with van der Waals surface area (Å²) in [5.74, 6) is 0.180. The van der Waals surface area contributed by atoms with Crippen LogP contribution in [0, 0.1) is 0 Å². The predicted octanol–water partition coefficient (Wildman–Crippen LogP) is 3.13. The molecule has 0 saturated carbocycles. The molecular weight excluding hydrogens is 252 g/mol. The smallest absolute Gasteiger partial charge is 0.223 e. The molecule has 4 nitrogen and oxygen atoms in total. The van der Waals surface area contributed by atoms with Gasteiger partial charge in [-0.25, -0.2) is 0 Å². The second-order valence-corrected chi connectivity index (χ2v) is 4.41. The third kappa shape index (κ3) is 3.23. The van der Waals surface area contributed by atoms with Gasteiger partial charge in [-0.05, 0) is 36.4 Å². The van der Waals surface area contributed by atoms with E-state index in [4.69, 9.17) is 0 Å².